The molecule has 1 amide bonds. The number of thiazole rings is 1. The number of benzene rings is 3. The number of hydrogen-bond acceptors (Lipinski definition) is 8. The van der Waals surface area contributed by atoms with Gasteiger partial charge in [-0.2, -0.15) is 0 Å². The normalized spacial score (nSPS) is 16.7. The average molecular weight is 585 g/mol. The predicted molar refractivity (Wildman–Crippen MR) is 152 cm³/mol. The summed E-state index contributed by atoms with van der Waals surface area (Å²) in [5.41, 5.74) is 2.13. The van der Waals surface area contributed by atoms with E-state index < -0.39 is 23.5 Å². The summed E-state index contributed by atoms with van der Waals surface area (Å²) in [5.74, 6) is -1.47. The maximum atomic E-state index is 13.6. The number of carbonyl (C=O) groups is 2. The number of anilines is 1. The van der Waals surface area contributed by atoms with Crippen LogP contribution in [-0.2, 0) is 9.59 Å². The molecule has 1 unspecified atom stereocenters. The van der Waals surface area contributed by atoms with Crippen LogP contribution in [0, 0.1) is 6.92 Å². The average Bonchev–Trinajstić information content (AvgIpc) is 3.45. The van der Waals surface area contributed by atoms with E-state index in [-0.39, 0.29) is 32.7 Å². The van der Waals surface area contributed by atoms with Crippen LogP contribution in [0.25, 0.3) is 16.0 Å². The molecule has 2 heterocycles. The third kappa shape index (κ3) is 4.46. The fourth-order valence-corrected chi connectivity index (χ4v) is 6.32. The van der Waals surface area contributed by atoms with Gasteiger partial charge in [0, 0.05) is 0 Å². The highest BCUT2D eigenvalue weighted by atomic mass is 35.5. The van der Waals surface area contributed by atoms with Crippen molar-refractivity contribution in [2.24, 2.45) is 0 Å². The van der Waals surface area contributed by atoms with E-state index in [1.54, 1.807) is 24.3 Å². The minimum atomic E-state index is -1.01. The molecule has 3 aromatic carbocycles. The molecule has 39 heavy (non-hydrogen) atoms. The van der Waals surface area contributed by atoms with Gasteiger partial charge in [-0.15, -0.1) is 0 Å². The second-order valence-electron chi connectivity index (χ2n) is 8.70. The third-order valence-electron chi connectivity index (χ3n) is 6.41. The third-order valence-corrected chi connectivity index (χ3v) is 8.05. The number of Topliss-reactive ketones (excluding diaryl/α,β-unsaturated/α-hetero) is 1. The topological polar surface area (TPSA) is 98.2 Å². The Hall–Kier alpha value is -3.79. The van der Waals surface area contributed by atoms with Gasteiger partial charge < -0.3 is 19.3 Å². The lowest BCUT2D eigenvalue weighted by Gasteiger charge is -2.23. The van der Waals surface area contributed by atoms with Gasteiger partial charge in [0.25, 0.3) is 5.78 Å². The van der Waals surface area contributed by atoms with E-state index in [9.17, 15) is 14.7 Å². The molecule has 0 radical (unpaired) electrons. The van der Waals surface area contributed by atoms with Crippen molar-refractivity contribution in [3.63, 3.8) is 0 Å². The van der Waals surface area contributed by atoms with Crippen LogP contribution in [0.3, 0.4) is 0 Å². The summed E-state index contributed by atoms with van der Waals surface area (Å²) in [6, 6.07) is 13.0. The Morgan fingerprint density at radius 2 is 1.67 bits per heavy atom. The Kier molecular flexibility index (Phi) is 7.15. The number of nitrogens with zero attached hydrogens (tertiary/aromatic N) is 2. The molecule has 1 aliphatic heterocycles. The van der Waals surface area contributed by atoms with Gasteiger partial charge in [-0.3, -0.25) is 14.5 Å². The fourth-order valence-electron chi connectivity index (χ4n) is 4.55. The minimum Gasteiger partial charge on any atom is -0.507 e. The number of ketones is 1. The number of aromatic nitrogens is 1. The van der Waals surface area contributed by atoms with Crippen molar-refractivity contribution < 1.29 is 28.9 Å². The number of carbonyl (C=O) groups excluding carboxylic acids is 2. The first-order valence-electron chi connectivity index (χ1n) is 11.6. The zero-order valence-electron chi connectivity index (χ0n) is 21.2. The van der Waals surface area contributed by atoms with E-state index in [1.165, 1.54) is 43.6 Å². The molecule has 200 valence electrons. The number of methoxy groups -OCH3 is 3. The van der Waals surface area contributed by atoms with Gasteiger partial charge in [0.15, 0.2) is 16.6 Å². The summed E-state index contributed by atoms with van der Waals surface area (Å²) in [7, 11) is 4.28. The Morgan fingerprint density at radius 3 is 2.31 bits per heavy atom. The molecule has 11 heteroatoms. The number of amides is 1. The monoisotopic (exact) mass is 584 g/mol. The smallest absolute Gasteiger partial charge is 0.301 e. The van der Waals surface area contributed by atoms with Crippen LogP contribution in [-0.4, -0.2) is 43.1 Å². The molecule has 0 spiro atoms. The predicted octanol–water partition coefficient (Wildman–Crippen LogP) is 6.56. The Morgan fingerprint density at radius 1 is 0.974 bits per heavy atom. The van der Waals surface area contributed by atoms with Crippen LogP contribution in [0.1, 0.15) is 22.7 Å². The molecule has 0 bridgehead atoms. The van der Waals surface area contributed by atoms with Gasteiger partial charge in [-0.25, -0.2) is 4.98 Å². The molecule has 8 nitrogen and oxygen atoms in total. The highest BCUT2D eigenvalue weighted by molar-refractivity contribution is 7.22. The first kappa shape index (κ1) is 26.8. The summed E-state index contributed by atoms with van der Waals surface area (Å²) in [5, 5.41) is 12.0. The van der Waals surface area contributed by atoms with Crippen molar-refractivity contribution >= 4 is 67.3 Å². The SMILES string of the molecule is COc1ccc(C2/C(=C(\O)c3cc(Cl)c(OC)c(Cl)c3OC)C(=O)C(=O)N2c2nc3ccc(C)cc3s2)cc1. The van der Waals surface area contributed by atoms with Gasteiger partial charge >= 0.3 is 5.91 Å². The standard InChI is InChI=1S/C28H22Cl2N2O6S/c1-13-5-10-18-19(11-13)39-28(31-18)32-22(14-6-8-15(36-2)9-7-14)20(24(34)27(32)35)23(33)16-12-17(29)26(38-4)21(30)25(16)37-3/h5-12,22,33H,1-4H3/b23-20+. The number of hydrogen-bond donors (Lipinski definition) is 1. The molecular weight excluding hydrogens is 563 g/mol. The van der Waals surface area contributed by atoms with Crippen molar-refractivity contribution in [3.05, 3.63) is 80.8 Å². The molecule has 4 aromatic rings. The van der Waals surface area contributed by atoms with Crippen LogP contribution in [0.5, 0.6) is 17.2 Å². The molecular formula is C28H22Cl2N2O6S. The van der Waals surface area contributed by atoms with E-state index in [0.29, 0.717) is 22.0 Å². The first-order chi connectivity index (χ1) is 18.7. The number of fused-ring (bicyclic) bond motifs is 1. The van der Waals surface area contributed by atoms with Crippen molar-refractivity contribution in [1.82, 2.24) is 4.98 Å². The molecule has 5 rings (SSSR count). The summed E-state index contributed by atoms with van der Waals surface area (Å²) in [6.07, 6.45) is 0. The second kappa shape index (κ2) is 10.4. The van der Waals surface area contributed by atoms with Crippen LogP contribution in [0.4, 0.5) is 5.13 Å². The summed E-state index contributed by atoms with van der Waals surface area (Å²) >= 11 is 14.1. The van der Waals surface area contributed by atoms with E-state index >= 15 is 0 Å². The lowest BCUT2D eigenvalue weighted by atomic mass is 9.95. The molecule has 1 N–H and O–H groups in total. The van der Waals surface area contributed by atoms with Crippen LogP contribution < -0.4 is 19.1 Å². The van der Waals surface area contributed by atoms with E-state index in [2.05, 4.69) is 4.98 Å². The highest BCUT2D eigenvalue weighted by Crippen LogP contribution is 2.49. The number of ether oxygens (including phenoxy) is 3. The molecule has 1 fully saturated rings. The number of aliphatic hydroxyl groups excluding tert-OH is 1. The van der Waals surface area contributed by atoms with E-state index in [4.69, 9.17) is 37.4 Å². The summed E-state index contributed by atoms with van der Waals surface area (Å²) < 4.78 is 16.8. The largest absolute Gasteiger partial charge is 0.507 e. The van der Waals surface area contributed by atoms with E-state index in [1.807, 2.05) is 25.1 Å². The number of halogens is 2. The maximum absolute atomic E-state index is 13.6. The first-order valence-corrected chi connectivity index (χ1v) is 13.2. The van der Waals surface area contributed by atoms with Crippen LogP contribution >= 0.6 is 34.5 Å². The second-order valence-corrected chi connectivity index (χ2v) is 10.5. The Bertz CT molecular complexity index is 1670. The van der Waals surface area contributed by atoms with Crippen molar-refractivity contribution in [1.29, 1.82) is 0 Å². The number of rotatable bonds is 6. The number of aliphatic hydroxyl groups is 1. The van der Waals surface area contributed by atoms with Crippen molar-refractivity contribution in [3.8, 4) is 17.2 Å². The Labute approximate surface area is 238 Å². The van der Waals surface area contributed by atoms with Crippen molar-refractivity contribution in [2.75, 3.05) is 26.2 Å². The van der Waals surface area contributed by atoms with Gasteiger partial charge in [0.05, 0.1) is 53.7 Å². The maximum Gasteiger partial charge on any atom is 0.301 e. The zero-order chi connectivity index (χ0) is 28.0. The number of aryl methyl sites for hydroxylation is 1. The Balaban J connectivity index is 1.77. The van der Waals surface area contributed by atoms with Gasteiger partial charge in [-0.05, 0) is 48.4 Å². The van der Waals surface area contributed by atoms with Gasteiger partial charge in [0.1, 0.15) is 16.5 Å². The molecule has 1 aromatic heterocycles. The molecule has 0 saturated carbocycles. The lowest BCUT2D eigenvalue weighted by molar-refractivity contribution is -0.132. The molecule has 1 aliphatic rings. The minimum absolute atomic E-state index is 0.00539. The summed E-state index contributed by atoms with van der Waals surface area (Å²) in [4.78, 5) is 33.1. The fraction of sp³-hybridized carbons (Fsp3) is 0.179. The van der Waals surface area contributed by atoms with Gasteiger partial charge in [-0.1, -0.05) is 52.7 Å². The quantitative estimate of drug-likeness (QED) is 0.155. The van der Waals surface area contributed by atoms with Gasteiger partial charge in [0.2, 0.25) is 0 Å². The van der Waals surface area contributed by atoms with E-state index in [0.717, 1.165) is 10.3 Å². The van der Waals surface area contributed by atoms with Crippen LogP contribution in [0.2, 0.25) is 10.0 Å². The van der Waals surface area contributed by atoms with Crippen molar-refractivity contribution in [2.45, 2.75) is 13.0 Å². The molecule has 0 aliphatic carbocycles. The molecule has 1 atom stereocenters. The lowest BCUT2D eigenvalue weighted by Crippen LogP contribution is -2.29. The molecule has 1 saturated heterocycles. The highest BCUT2D eigenvalue weighted by Gasteiger charge is 2.48. The summed E-state index contributed by atoms with van der Waals surface area (Å²) in [6.45, 7) is 1.96. The zero-order valence-corrected chi connectivity index (χ0v) is 23.6. The van der Waals surface area contributed by atoms with Crippen LogP contribution in [0.15, 0.2) is 54.1 Å².